The van der Waals surface area contributed by atoms with Gasteiger partial charge < -0.3 is 15.2 Å². The zero-order valence-corrected chi connectivity index (χ0v) is 10.7. The number of benzene rings is 1. The predicted molar refractivity (Wildman–Crippen MR) is 66.0 cm³/mol. The fourth-order valence-corrected chi connectivity index (χ4v) is 1.22. The monoisotopic (exact) mass is 287 g/mol. The van der Waals surface area contributed by atoms with Gasteiger partial charge in [-0.2, -0.15) is 0 Å². The van der Waals surface area contributed by atoms with Crippen molar-refractivity contribution in [2.75, 3.05) is 12.4 Å². The first-order valence-electron chi connectivity index (χ1n) is 4.81. The molecular formula is C11H14BrNO3. The first kappa shape index (κ1) is 13.0. The highest BCUT2D eigenvalue weighted by atomic mass is 79.9. The molecule has 1 rings (SSSR count). The second-order valence-electron chi connectivity index (χ2n) is 3.36. The minimum absolute atomic E-state index is 0.278. The summed E-state index contributed by atoms with van der Waals surface area (Å²) in [6.07, 6.45) is -0.738. The standard InChI is InChI=1S/C11H14BrNO3/c1-7(14)10(12)11(15)13-8-3-5-9(16-2)6-4-8/h3-7,10,14H,1-2H3,(H,13,15)/t7-,10+/m1/s1. The Bertz CT molecular complexity index is 351. The number of carbonyl (C=O) groups excluding carboxylic acids is 1. The lowest BCUT2D eigenvalue weighted by molar-refractivity contribution is -0.117. The molecule has 1 amide bonds. The van der Waals surface area contributed by atoms with Crippen molar-refractivity contribution in [1.29, 1.82) is 0 Å². The van der Waals surface area contributed by atoms with Gasteiger partial charge in [0.25, 0.3) is 0 Å². The number of amides is 1. The number of anilines is 1. The average molecular weight is 288 g/mol. The molecule has 1 aromatic carbocycles. The summed E-state index contributed by atoms with van der Waals surface area (Å²) >= 11 is 3.11. The molecule has 0 saturated heterocycles. The van der Waals surface area contributed by atoms with Crippen molar-refractivity contribution in [2.45, 2.75) is 17.9 Å². The van der Waals surface area contributed by atoms with Gasteiger partial charge in [0.15, 0.2) is 0 Å². The first-order chi connectivity index (χ1) is 7.54. The van der Waals surface area contributed by atoms with Gasteiger partial charge in [0.1, 0.15) is 10.6 Å². The lowest BCUT2D eigenvalue weighted by Crippen LogP contribution is -2.31. The number of ether oxygens (including phenoxy) is 1. The summed E-state index contributed by atoms with van der Waals surface area (Å²) in [5.74, 6) is 0.448. The fraction of sp³-hybridized carbons (Fsp3) is 0.364. The Labute approximate surface area is 103 Å². The van der Waals surface area contributed by atoms with E-state index in [4.69, 9.17) is 4.74 Å². The predicted octanol–water partition coefficient (Wildman–Crippen LogP) is 1.78. The van der Waals surface area contributed by atoms with E-state index in [1.54, 1.807) is 38.3 Å². The lowest BCUT2D eigenvalue weighted by Gasteiger charge is -2.13. The molecule has 4 nitrogen and oxygen atoms in total. The molecule has 0 unspecified atom stereocenters. The Hall–Kier alpha value is -1.07. The molecule has 0 radical (unpaired) electrons. The maximum Gasteiger partial charge on any atom is 0.240 e. The summed E-state index contributed by atoms with van der Waals surface area (Å²) in [7, 11) is 1.58. The molecule has 0 heterocycles. The molecular weight excluding hydrogens is 274 g/mol. The Balaban J connectivity index is 2.62. The summed E-state index contributed by atoms with van der Waals surface area (Å²) in [4.78, 5) is 10.9. The fourth-order valence-electron chi connectivity index (χ4n) is 1.10. The van der Waals surface area contributed by atoms with Crippen LogP contribution in [0.1, 0.15) is 6.92 Å². The molecule has 5 heteroatoms. The molecule has 0 aromatic heterocycles. The Morgan fingerprint density at radius 3 is 2.44 bits per heavy atom. The van der Waals surface area contributed by atoms with Gasteiger partial charge in [-0.15, -0.1) is 0 Å². The van der Waals surface area contributed by atoms with Crippen LogP contribution >= 0.6 is 15.9 Å². The molecule has 0 spiro atoms. The van der Waals surface area contributed by atoms with Gasteiger partial charge in [-0.05, 0) is 31.2 Å². The molecule has 0 bridgehead atoms. The highest BCUT2D eigenvalue weighted by Gasteiger charge is 2.19. The smallest absolute Gasteiger partial charge is 0.240 e. The van der Waals surface area contributed by atoms with Crippen molar-refractivity contribution < 1.29 is 14.6 Å². The molecule has 0 aliphatic heterocycles. The van der Waals surface area contributed by atoms with Gasteiger partial charge in [-0.3, -0.25) is 4.79 Å². The number of nitrogens with one attached hydrogen (secondary N) is 1. The third-order valence-electron chi connectivity index (χ3n) is 2.03. The third kappa shape index (κ3) is 3.50. The van der Waals surface area contributed by atoms with Crippen LogP contribution in [0.2, 0.25) is 0 Å². The number of rotatable bonds is 4. The largest absolute Gasteiger partial charge is 0.497 e. The Morgan fingerprint density at radius 2 is 2.00 bits per heavy atom. The van der Waals surface area contributed by atoms with Crippen LogP contribution in [-0.4, -0.2) is 29.1 Å². The maximum atomic E-state index is 11.6. The minimum Gasteiger partial charge on any atom is -0.497 e. The van der Waals surface area contributed by atoms with Crippen LogP contribution in [0.25, 0.3) is 0 Å². The van der Waals surface area contributed by atoms with E-state index in [1.165, 1.54) is 0 Å². The number of alkyl halides is 1. The second-order valence-corrected chi connectivity index (χ2v) is 4.35. The number of aliphatic hydroxyl groups is 1. The van der Waals surface area contributed by atoms with Crippen LogP contribution in [0.4, 0.5) is 5.69 Å². The second kappa shape index (κ2) is 5.86. The summed E-state index contributed by atoms with van der Waals surface area (Å²) in [6.45, 7) is 1.55. The van der Waals surface area contributed by atoms with E-state index in [9.17, 15) is 9.90 Å². The number of hydrogen-bond donors (Lipinski definition) is 2. The first-order valence-corrected chi connectivity index (χ1v) is 5.73. The van der Waals surface area contributed by atoms with Gasteiger partial charge in [-0.25, -0.2) is 0 Å². The van der Waals surface area contributed by atoms with E-state index in [0.717, 1.165) is 5.75 Å². The summed E-state index contributed by atoms with van der Waals surface area (Å²) in [6, 6.07) is 6.97. The van der Waals surface area contributed by atoms with Crippen LogP contribution in [0.5, 0.6) is 5.75 Å². The molecule has 0 fully saturated rings. The number of aliphatic hydroxyl groups excluding tert-OH is 1. The van der Waals surface area contributed by atoms with E-state index >= 15 is 0 Å². The number of carbonyl (C=O) groups is 1. The van der Waals surface area contributed by atoms with Gasteiger partial charge >= 0.3 is 0 Å². The van der Waals surface area contributed by atoms with Gasteiger partial charge in [-0.1, -0.05) is 15.9 Å². The molecule has 2 atom stereocenters. The Kier molecular flexibility index (Phi) is 4.76. The van der Waals surface area contributed by atoms with E-state index in [-0.39, 0.29) is 5.91 Å². The highest BCUT2D eigenvalue weighted by molar-refractivity contribution is 9.10. The number of methoxy groups -OCH3 is 1. The van der Waals surface area contributed by atoms with Crippen LogP contribution in [0.3, 0.4) is 0 Å². The van der Waals surface area contributed by atoms with Crippen molar-refractivity contribution in [2.24, 2.45) is 0 Å². The zero-order chi connectivity index (χ0) is 12.1. The van der Waals surface area contributed by atoms with Crippen LogP contribution < -0.4 is 10.1 Å². The quantitative estimate of drug-likeness (QED) is 0.830. The molecule has 2 N–H and O–H groups in total. The van der Waals surface area contributed by atoms with Crippen molar-refractivity contribution in [3.8, 4) is 5.75 Å². The van der Waals surface area contributed by atoms with Crippen molar-refractivity contribution in [1.82, 2.24) is 0 Å². The van der Waals surface area contributed by atoms with Crippen molar-refractivity contribution >= 4 is 27.5 Å². The van der Waals surface area contributed by atoms with E-state index in [0.29, 0.717) is 5.69 Å². The molecule has 88 valence electrons. The van der Waals surface area contributed by atoms with Gasteiger partial charge in [0, 0.05) is 5.69 Å². The normalized spacial score (nSPS) is 14.0. The molecule has 0 aliphatic rings. The zero-order valence-electron chi connectivity index (χ0n) is 9.11. The van der Waals surface area contributed by atoms with Crippen LogP contribution in [0, 0.1) is 0 Å². The number of halogens is 1. The van der Waals surface area contributed by atoms with Gasteiger partial charge in [0.05, 0.1) is 13.2 Å². The van der Waals surface area contributed by atoms with E-state index in [1.807, 2.05) is 0 Å². The number of hydrogen-bond acceptors (Lipinski definition) is 3. The minimum atomic E-state index is -0.738. The van der Waals surface area contributed by atoms with Crippen LogP contribution in [0.15, 0.2) is 24.3 Å². The van der Waals surface area contributed by atoms with Crippen molar-refractivity contribution in [3.63, 3.8) is 0 Å². The summed E-state index contributed by atoms with van der Waals surface area (Å²) < 4.78 is 5.00. The molecule has 16 heavy (non-hydrogen) atoms. The van der Waals surface area contributed by atoms with Crippen LogP contribution in [-0.2, 0) is 4.79 Å². The average Bonchev–Trinajstić information content (AvgIpc) is 2.28. The topological polar surface area (TPSA) is 58.6 Å². The Morgan fingerprint density at radius 1 is 1.44 bits per heavy atom. The maximum absolute atomic E-state index is 11.6. The molecule has 0 aliphatic carbocycles. The lowest BCUT2D eigenvalue weighted by atomic mass is 10.2. The van der Waals surface area contributed by atoms with E-state index < -0.39 is 10.9 Å². The van der Waals surface area contributed by atoms with Crippen molar-refractivity contribution in [3.05, 3.63) is 24.3 Å². The van der Waals surface area contributed by atoms with Gasteiger partial charge in [0.2, 0.25) is 5.91 Å². The van der Waals surface area contributed by atoms with E-state index in [2.05, 4.69) is 21.2 Å². The summed E-state index contributed by atoms with van der Waals surface area (Å²) in [5, 5.41) is 11.9. The molecule has 0 saturated carbocycles. The third-order valence-corrected chi connectivity index (χ3v) is 3.21. The molecule has 1 aromatic rings. The summed E-state index contributed by atoms with van der Waals surface area (Å²) in [5.41, 5.74) is 0.663. The SMILES string of the molecule is COc1ccc(NC(=O)[C@@H](Br)[C@@H](C)O)cc1. The highest BCUT2D eigenvalue weighted by Crippen LogP contribution is 2.16.